The Kier molecular flexibility index (Phi) is 2.93. The van der Waals surface area contributed by atoms with Gasteiger partial charge in [-0.05, 0) is 24.0 Å². The summed E-state index contributed by atoms with van der Waals surface area (Å²) in [6.45, 7) is 4.45. The van der Waals surface area contributed by atoms with Crippen molar-refractivity contribution in [1.82, 2.24) is 0 Å². The fourth-order valence-corrected chi connectivity index (χ4v) is 3.98. The minimum atomic E-state index is -3.14. The maximum atomic E-state index is 12.1. The zero-order valence-electron chi connectivity index (χ0n) is 9.68. The quantitative estimate of drug-likeness (QED) is 0.809. The van der Waals surface area contributed by atoms with Gasteiger partial charge in [0.05, 0.1) is 11.4 Å². The van der Waals surface area contributed by atoms with Crippen molar-refractivity contribution in [3.05, 3.63) is 29.8 Å². The van der Waals surface area contributed by atoms with Crippen molar-refractivity contribution in [2.45, 2.75) is 20.3 Å². The van der Waals surface area contributed by atoms with Gasteiger partial charge in [0.15, 0.2) is 0 Å². The second kappa shape index (κ2) is 4.09. The number of para-hydroxylation sites is 1. The monoisotopic (exact) mass is 239 g/mol. The Morgan fingerprint density at radius 2 is 2.00 bits per heavy atom. The molecule has 0 N–H and O–H groups in total. The molecular weight excluding hydrogens is 222 g/mol. The molecule has 0 saturated heterocycles. The average molecular weight is 239 g/mol. The molecule has 2 rings (SSSR count). The van der Waals surface area contributed by atoms with E-state index in [9.17, 15) is 8.42 Å². The molecule has 1 aromatic rings. The van der Waals surface area contributed by atoms with E-state index in [1.807, 2.05) is 38.1 Å². The van der Waals surface area contributed by atoms with Gasteiger partial charge in [-0.25, -0.2) is 8.42 Å². The van der Waals surface area contributed by atoms with Crippen molar-refractivity contribution in [3.63, 3.8) is 0 Å². The first kappa shape index (κ1) is 11.5. The maximum absolute atomic E-state index is 12.1. The molecule has 0 atom stereocenters. The first-order chi connectivity index (χ1) is 7.50. The molecule has 0 saturated carbocycles. The number of hydrogen-bond donors (Lipinski definition) is 0. The summed E-state index contributed by atoms with van der Waals surface area (Å²) < 4.78 is 25.8. The Labute approximate surface area is 97.1 Å². The smallest absolute Gasteiger partial charge is 0.235 e. The number of fused-ring (bicyclic) bond motifs is 1. The second-order valence-corrected chi connectivity index (χ2v) is 6.56. The second-order valence-electron chi connectivity index (χ2n) is 4.62. The molecule has 0 bridgehead atoms. The molecule has 0 aliphatic carbocycles. The molecule has 0 aromatic heterocycles. The van der Waals surface area contributed by atoms with Crippen LogP contribution in [0.1, 0.15) is 19.4 Å². The van der Waals surface area contributed by atoms with E-state index in [0.717, 1.165) is 17.7 Å². The summed E-state index contributed by atoms with van der Waals surface area (Å²) in [7, 11) is -3.14. The van der Waals surface area contributed by atoms with Crippen molar-refractivity contribution in [3.8, 4) is 0 Å². The van der Waals surface area contributed by atoms with Crippen LogP contribution in [-0.2, 0) is 16.4 Å². The molecule has 3 nitrogen and oxygen atoms in total. The zero-order chi connectivity index (χ0) is 11.8. The molecule has 1 aromatic carbocycles. The zero-order valence-corrected chi connectivity index (χ0v) is 10.5. The van der Waals surface area contributed by atoms with Gasteiger partial charge in [-0.3, -0.25) is 4.31 Å². The van der Waals surface area contributed by atoms with Crippen LogP contribution in [0.15, 0.2) is 24.3 Å². The fourth-order valence-electron chi connectivity index (χ4n) is 2.11. The molecular formula is C12H17NO2S. The van der Waals surface area contributed by atoms with Gasteiger partial charge < -0.3 is 0 Å². The Morgan fingerprint density at radius 1 is 1.31 bits per heavy atom. The van der Waals surface area contributed by atoms with Crippen LogP contribution in [0.25, 0.3) is 0 Å². The molecule has 0 radical (unpaired) electrons. The van der Waals surface area contributed by atoms with Crippen LogP contribution in [0, 0.1) is 5.92 Å². The molecule has 0 amide bonds. The highest BCUT2D eigenvalue weighted by Gasteiger charge is 2.29. The van der Waals surface area contributed by atoms with E-state index in [-0.39, 0.29) is 11.7 Å². The lowest BCUT2D eigenvalue weighted by atomic mass is 10.2. The standard InChI is InChI=1S/C12H17NO2S/c1-10(2)9-16(14,15)13-8-7-11-5-3-4-6-12(11)13/h3-6,10H,7-9H2,1-2H3. The average Bonchev–Trinajstić information content (AvgIpc) is 2.59. The van der Waals surface area contributed by atoms with Gasteiger partial charge in [0.1, 0.15) is 0 Å². The summed E-state index contributed by atoms with van der Waals surface area (Å²) in [6, 6.07) is 7.74. The van der Waals surface area contributed by atoms with E-state index in [2.05, 4.69) is 0 Å². The normalized spacial score (nSPS) is 15.6. The molecule has 0 fully saturated rings. The predicted octanol–water partition coefficient (Wildman–Crippen LogP) is 2.03. The van der Waals surface area contributed by atoms with Crippen molar-refractivity contribution in [1.29, 1.82) is 0 Å². The summed E-state index contributed by atoms with van der Waals surface area (Å²) >= 11 is 0. The molecule has 1 aliphatic rings. The van der Waals surface area contributed by atoms with Crippen molar-refractivity contribution in [2.24, 2.45) is 5.92 Å². The van der Waals surface area contributed by atoms with Gasteiger partial charge in [-0.1, -0.05) is 32.0 Å². The third-order valence-electron chi connectivity index (χ3n) is 2.72. The van der Waals surface area contributed by atoms with Crippen molar-refractivity contribution < 1.29 is 8.42 Å². The Morgan fingerprint density at radius 3 is 2.69 bits per heavy atom. The Bertz CT molecular complexity index is 480. The van der Waals surface area contributed by atoms with E-state index in [4.69, 9.17) is 0 Å². The van der Waals surface area contributed by atoms with Crippen LogP contribution in [0.3, 0.4) is 0 Å². The summed E-state index contributed by atoms with van der Waals surface area (Å²) in [4.78, 5) is 0. The largest absolute Gasteiger partial charge is 0.270 e. The highest BCUT2D eigenvalue weighted by atomic mass is 32.2. The summed E-state index contributed by atoms with van der Waals surface area (Å²) in [5.41, 5.74) is 2.00. The minimum absolute atomic E-state index is 0.165. The minimum Gasteiger partial charge on any atom is -0.270 e. The van der Waals surface area contributed by atoms with Crippen LogP contribution in [0.2, 0.25) is 0 Å². The molecule has 16 heavy (non-hydrogen) atoms. The van der Waals surface area contributed by atoms with Crippen LogP contribution in [-0.4, -0.2) is 20.7 Å². The van der Waals surface area contributed by atoms with Gasteiger partial charge in [0, 0.05) is 6.54 Å². The van der Waals surface area contributed by atoms with Gasteiger partial charge >= 0.3 is 0 Å². The van der Waals surface area contributed by atoms with Crippen LogP contribution >= 0.6 is 0 Å². The predicted molar refractivity (Wildman–Crippen MR) is 66.1 cm³/mol. The first-order valence-corrected chi connectivity index (χ1v) is 7.20. The number of nitrogens with zero attached hydrogens (tertiary/aromatic N) is 1. The molecule has 0 spiro atoms. The topological polar surface area (TPSA) is 37.4 Å². The van der Waals surface area contributed by atoms with Gasteiger partial charge in [0.2, 0.25) is 10.0 Å². The van der Waals surface area contributed by atoms with Crippen LogP contribution in [0.5, 0.6) is 0 Å². The first-order valence-electron chi connectivity index (χ1n) is 5.59. The van der Waals surface area contributed by atoms with E-state index in [1.54, 1.807) is 4.31 Å². The highest BCUT2D eigenvalue weighted by molar-refractivity contribution is 7.92. The lowest BCUT2D eigenvalue weighted by molar-refractivity contribution is 0.578. The van der Waals surface area contributed by atoms with Crippen LogP contribution in [0.4, 0.5) is 5.69 Å². The summed E-state index contributed by atoms with van der Waals surface area (Å²) in [5.74, 6) is 0.388. The van der Waals surface area contributed by atoms with E-state index >= 15 is 0 Å². The molecule has 88 valence electrons. The lowest BCUT2D eigenvalue weighted by Crippen LogP contribution is -2.32. The van der Waals surface area contributed by atoms with Crippen molar-refractivity contribution in [2.75, 3.05) is 16.6 Å². The molecule has 4 heteroatoms. The highest BCUT2D eigenvalue weighted by Crippen LogP contribution is 2.30. The van der Waals surface area contributed by atoms with Gasteiger partial charge in [0.25, 0.3) is 0 Å². The fraction of sp³-hybridized carbons (Fsp3) is 0.500. The van der Waals surface area contributed by atoms with Gasteiger partial charge in [-0.2, -0.15) is 0 Å². The number of hydrogen-bond acceptors (Lipinski definition) is 2. The number of benzene rings is 1. The SMILES string of the molecule is CC(C)CS(=O)(=O)N1CCc2ccccc21. The summed E-state index contributed by atoms with van der Waals surface area (Å²) in [6.07, 6.45) is 0.827. The van der Waals surface area contributed by atoms with Crippen molar-refractivity contribution >= 4 is 15.7 Å². The number of rotatable bonds is 3. The van der Waals surface area contributed by atoms with Gasteiger partial charge in [-0.15, -0.1) is 0 Å². The number of sulfonamides is 1. The Balaban J connectivity index is 2.32. The molecule has 1 heterocycles. The van der Waals surface area contributed by atoms with Crippen LogP contribution < -0.4 is 4.31 Å². The Hall–Kier alpha value is -1.03. The lowest BCUT2D eigenvalue weighted by Gasteiger charge is -2.20. The molecule has 0 unspecified atom stereocenters. The van der Waals surface area contributed by atoms with E-state index < -0.39 is 10.0 Å². The number of anilines is 1. The van der Waals surface area contributed by atoms with E-state index in [0.29, 0.717) is 6.54 Å². The summed E-state index contributed by atoms with van der Waals surface area (Å²) in [5, 5.41) is 0. The third kappa shape index (κ3) is 2.07. The maximum Gasteiger partial charge on any atom is 0.235 e. The third-order valence-corrected chi connectivity index (χ3v) is 4.86. The molecule has 1 aliphatic heterocycles. The van der Waals surface area contributed by atoms with E-state index in [1.165, 1.54) is 0 Å².